The van der Waals surface area contributed by atoms with Crippen LogP contribution in [0.3, 0.4) is 0 Å². The highest BCUT2D eigenvalue weighted by molar-refractivity contribution is 9.10. The van der Waals surface area contributed by atoms with Crippen LogP contribution in [0.2, 0.25) is 0 Å². The van der Waals surface area contributed by atoms with E-state index < -0.39 is 0 Å². The van der Waals surface area contributed by atoms with Crippen molar-refractivity contribution in [1.82, 2.24) is 15.1 Å². The van der Waals surface area contributed by atoms with Crippen molar-refractivity contribution in [2.75, 3.05) is 0 Å². The van der Waals surface area contributed by atoms with Gasteiger partial charge in [-0.05, 0) is 47.1 Å². The van der Waals surface area contributed by atoms with E-state index in [1.807, 2.05) is 29.9 Å². The number of rotatable bonds is 4. The molecule has 0 spiro atoms. The predicted octanol–water partition coefficient (Wildman–Crippen LogP) is 3.36. The van der Waals surface area contributed by atoms with Gasteiger partial charge in [0, 0.05) is 22.8 Å². The van der Waals surface area contributed by atoms with E-state index in [1.54, 1.807) is 12.1 Å². The van der Waals surface area contributed by atoms with Crippen LogP contribution < -0.4 is 5.32 Å². The largest absolute Gasteiger partial charge is 0.346 e. The van der Waals surface area contributed by atoms with E-state index >= 15 is 0 Å². The molecule has 19 heavy (non-hydrogen) atoms. The lowest BCUT2D eigenvalue weighted by atomic mass is 10.2. The first-order chi connectivity index (χ1) is 9.10. The second-order valence-corrected chi connectivity index (χ2v) is 5.74. The van der Waals surface area contributed by atoms with Crippen molar-refractivity contribution >= 4 is 37.8 Å². The second kappa shape index (κ2) is 6.34. The number of nitrogens with zero attached hydrogens (tertiary/aromatic N) is 2. The van der Waals surface area contributed by atoms with Gasteiger partial charge in [-0.1, -0.05) is 15.9 Å². The van der Waals surface area contributed by atoms with Crippen molar-refractivity contribution in [2.45, 2.75) is 20.0 Å². The molecule has 0 bridgehead atoms. The first kappa shape index (κ1) is 14.3. The van der Waals surface area contributed by atoms with E-state index in [9.17, 15) is 4.79 Å². The Balaban J connectivity index is 2.00. The van der Waals surface area contributed by atoms with E-state index in [0.29, 0.717) is 12.1 Å². The Morgan fingerprint density at radius 1 is 1.32 bits per heavy atom. The summed E-state index contributed by atoms with van der Waals surface area (Å²) in [6.45, 7) is 3.23. The number of nitrogens with one attached hydrogen (secondary N) is 1. The number of benzene rings is 1. The molecule has 100 valence electrons. The minimum atomic E-state index is -0.106. The van der Waals surface area contributed by atoms with Crippen molar-refractivity contribution in [1.29, 1.82) is 0 Å². The van der Waals surface area contributed by atoms with Crippen LogP contribution in [0, 0.1) is 0 Å². The molecule has 0 radical (unpaired) electrons. The first-order valence-corrected chi connectivity index (χ1v) is 7.44. The molecule has 0 saturated heterocycles. The summed E-state index contributed by atoms with van der Waals surface area (Å²) in [6.07, 6.45) is 1.90. The first-order valence-electron chi connectivity index (χ1n) is 5.85. The predicted molar refractivity (Wildman–Crippen MR) is 80.9 cm³/mol. The Labute approximate surface area is 128 Å². The maximum absolute atomic E-state index is 11.9. The summed E-state index contributed by atoms with van der Waals surface area (Å²) in [6, 6.07) is 7.24. The molecule has 0 aliphatic heterocycles. The molecule has 1 N–H and O–H groups in total. The van der Waals surface area contributed by atoms with Gasteiger partial charge in [-0.2, -0.15) is 5.10 Å². The van der Waals surface area contributed by atoms with E-state index in [4.69, 9.17) is 0 Å². The van der Waals surface area contributed by atoms with Gasteiger partial charge in [0.2, 0.25) is 0 Å². The SMILES string of the molecule is CCn1cc(Br)c(CNC(=O)c2ccc(Br)cc2)n1. The van der Waals surface area contributed by atoms with Crippen molar-refractivity contribution in [2.24, 2.45) is 0 Å². The number of carbonyl (C=O) groups excluding carboxylic acids is 1. The molecule has 0 aliphatic rings. The minimum Gasteiger partial charge on any atom is -0.346 e. The van der Waals surface area contributed by atoms with E-state index in [0.717, 1.165) is 21.2 Å². The number of aromatic nitrogens is 2. The second-order valence-electron chi connectivity index (χ2n) is 3.97. The lowest BCUT2D eigenvalue weighted by Crippen LogP contribution is -2.23. The van der Waals surface area contributed by atoms with Crippen molar-refractivity contribution in [3.63, 3.8) is 0 Å². The Morgan fingerprint density at radius 3 is 2.58 bits per heavy atom. The van der Waals surface area contributed by atoms with Crippen LogP contribution in [-0.2, 0) is 13.1 Å². The molecule has 0 unspecified atom stereocenters. The quantitative estimate of drug-likeness (QED) is 0.875. The fourth-order valence-electron chi connectivity index (χ4n) is 1.59. The van der Waals surface area contributed by atoms with Crippen LogP contribution >= 0.6 is 31.9 Å². The lowest BCUT2D eigenvalue weighted by molar-refractivity contribution is 0.0950. The molecule has 2 rings (SSSR count). The van der Waals surface area contributed by atoms with Crippen molar-refractivity contribution < 1.29 is 4.79 Å². The third kappa shape index (κ3) is 3.67. The van der Waals surface area contributed by atoms with Gasteiger partial charge < -0.3 is 5.32 Å². The van der Waals surface area contributed by atoms with Crippen molar-refractivity contribution in [3.05, 3.63) is 50.7 Å². The lowest BCUT2D eigenvalue weighted by Gasteiger charge is -2.04. The van der Waals surface area contributed by atoms with Crippen LogP contribution in [0.15, 0.2) is 39.4 Å². The number of halogens is 2. The average Bonchev–Trinajstić information content (AvgIpc) is 2.77. The van der Waals surface area contributed by atoms with Gasteiger partial charge in [0.05, 0.1) is 16.7 Å². The van der Waals surface area contributed by atoms with Crippen LogP contribution in [0.5, 0.6) is 0 Å². The molecule has 2 aromatic rings. The van der Waals surface area contributed by atoms with Crippen molar-refractivity contribution in [3.8, 4) is 0 Å². The fourth-order valence-corrected chi connectivity index (χ4v) is 2.31. The number of carbonyl (C=O) groups is 1. The number of hydrogen-bond acceptors (Lipinski definition) is 2. The van der Waals surface area contributed by atoms with Gasteiger partial charge in [-0.25, -0.2) is 0 Å². The third-order valence-electron chi connectivity index (χ3n) is 2.63. The Morgan fingerprint density at radius 2 is 2.00 bits per heavy atom. The zero-order chi connectivity index (χ0) is 13.8. The Hall–Kier alpha value is -1.14. The third-order valence-corrected chi connectivity index (χ3v) is 3.83. The van der Waals surface area contributed by atoms with Crippen LogP contribution in [0.25, 0.3) is 0 Å². The Bertz CT molecular complexity index is 578. The molecule has 6 heteroatoms. The standard InChI is InChI=1S/C13H13Br2N3O/c1-2-18-8-11(15)12(17-18)7-16-13(19)9-3-5-10(14)6-4-9/h3-6,8H,2,7H2,1H3,(H,16,19). The molecule has 0 saturated carbocycles. The molecule has 0 fully saturated rings. The van der Waals surface area contributed by atoms with Gasteiger partial charge in [-0.3, -0.25) is 9.48 Å². The normalized spacial score (nSPS) is 10.5. The van der Waals surface area contributed by atoms with Gasteiger partial charge in [0.1, 0.15) is 0 Å². The summed E-state index contributed by atoms with van der Waals surface area (Å²) in [4.78, 5) is 11.9. The summed E-state index contributed by atoms with van der Waals surface area (Å²) >= 11 is 6.77. The highest BCUT2D eigenvalue weighted by Gasteiger charge is 2.09. The minimum absolute atomic E-state index is 0.106. The number of hydrogen-bond donors (Lipinski definition) is 1. The summed E-state index contributed by atoms with van der Waals surface area (Å²) in [7, 11) is 0. The maximum Gasteiger partial charge on any atom is 0.251 e. The van der Waals surface area contributed by atoms with Gasteiger partial charge >= 0.3 is 0 Å². The van der Waals surface area contributed by atoms with E-state index in [2.05, 4.69) is 42.3 Å². The smallest absolute Gasteiger partial charge is 0.251 e. The highest BCUT2D eigenvalue weighted by Crippen LogP contribution is 2.15. The zero-order valence-corrected chi connectivity index (χ0v) is 13.5. The summed E-state index contributed by atoms with van der Waals surface area (Å²) in [5.41, 5.74) is 1.46. The van der Waals surface area contributed by atoms with Crippen LogP contribution in [0.1, 0.15) is 23.0 Å². The molecular weight excluding hydrogens is 374 g/mol. The molecular formula is C13H13Br2N3O. The maximum atomic E-state index is 11.9. The van der Waals surface area contributed by atoms with Gasteiger partial charge in [0.25, 0.3) is 5.91 Å². The molecule has 1 amide bonds. The number of aryl methyl sites for hydroxylation is 1. The number of amides is 1. The van der Waals surface area contributed by atoms with Crippen LogP contribution in [-0.4, -0.2) is 15.7 Å². The topological polar surface area (TPSA) is 46.9 Å². The molecule has 1 aromatic heterocycles. The summed E-state index contributed by atoms with van der Waals surface area (Å²) in [5, 5.41) is 7.21. The highest BCUT2D eigenvalue weighted by atomic mass is 79.9. The van der Waals surface area contributed by atoms with E-state index in [-0.39, 0.29) is 5.91 Å². The Kier molecular flexibility index (Phi) is 4.76. The molecule has 1 heterocycles. The molecule has 0 aliphatic carbocycles. The van der Waals surface area contributed by atoms with Gasteiger partial charge in [0.15, 0.2) is 0 Å². The van der Waals surface area contributed by atoms with Crippen LogP contribution in [0.4, 0.5) is 0 Å². The molecule has 0 atom stereocenters. The summed E-state index contributed by atoms with van der Waals surface area (Å²) < 4.78 is 3.68. The average molecular weight is 387 g/mol. The van der Waals surface area contributed by atoms with Gasteiger partial charge in [-0.15, -0.1) is 0 Å². The fraction of sp³-hybridized carbons (Fsp3) is 0.231. The monoisotopic (exact) mass is 385 g/mol. The van der Waals surface area contributed by atoms with E-state index in [1.165, 1.54) is 0 Å². The zero-order valence-electron chi connectivity index (χ0n) is 10.4. The molecule has 4 nitrogen and oxygen atoms in total. The summed E-state index contributed by atoms with van der Waals surface area (Å²) in [5.74, 6) is -0.106. The molecule has 1 aromatic carbocycles.